The maximum Gasteiger partial charge on any atom is 0.404 e. The van der Waals surface area contributed by atoms with Crippen LogP contribution in [0.4, 0.5) is 4.79 Å². The van der Waals surface area contributed by atoms with Crippen molar-refractivity contribution in [2.24, 2.45) is 4.99 Å². The van der Waals surface area contributed by atoms with Gasteiger partial charge < -0.3 is 15.7 Å². The van der Waals surface area contributed by atoms with Gasteiger partial charge in [0.25, 0.3) is 0 Å². The predicted octanol–water partition coefficient (Wildman–Crippen LogP) is -0.354. The Kier molecular flexibility index (Phi) is 2.71. The number of hydrogen-bond acceptors (Lipinski definition) is 3. The monoisotopic (exact) mass is 157 g/mol. The standard InChI is InChI=1S/C6H11N3O2/c10-6(11)9-2-1-5-7-3-4-8-5/h9H,1-4H2,(H,7,8)(H,10,11). The lowest BCUT2D eigenvalue weighted by atomic mass is 10.4. The first-order valence-electron chi connectivity index (χ1n) is 3.53. The van der Waals surface area contributed by atoms with E-state index in [2.05, 4.69) is 15.6 Å². The van der Waals surface area contributed by atoms with E-state index < -0.39 is 6.09 Å². The van der Waals surface area contributed by atoms with Crippen LogP contribution in [0.2, 0.25) is 0 Å². The zero-order valence-electron chi connectivity index (χ0n) is 6.13. The molecule has 0 aromatic carbocycles. The van der Waals surface area contributed by atoms with Gasteiger partial charge in [0.1, 0.15) is 0 Å². The molecule has 0 aliphatic carbocycles. The molecular weight excluding hydrogens is 146 g/mol. The smallest absolute Gasteiger partial charge is 0.404 e. The van der Waals surface area contributed by atoms with Gasteiger partial charge in [-0.05, 0) is 0 Å². The highest BCUT2D eigenvalue weighted by Crippen LogP contribution is 1.88. The van der Waals surface area contributed by atoms with Gasteiger partial charge in [-0.15, -0.1) is 0 Å². The molecular formula is C6H11N3O2. The van der Waals surface area contributed by atoms with Crippen LogP contribution in [0.15, 0.2) is 4.99 Å². The van der Waals surface area contributed by atoms with Gasteiger partial charge in [0.15, 0.2) is 0 Å². The van der Waals surface area contributed by atoms with Gasteiger partial charge in [-0.3, -0.25) is 4.99 Å². The van der Waals surface area contributed by atoms with Crippen LogP contribution in [-0.2, 0) is 0 Å². The third-order valence-electron chi connectivity index (χ3n) is 1.38. The lowest BCUT2D eigenvalue weighted by Crippen LogP contribution is -2.27. The highest BCUT2D eigenvalue weighted by Gasteiger charge is 2.04. The van der Waals surface area contributed by atoms with Crippen molar-refractivity contribution in [2.75, 3.05) is 19.6 Å². The highest BCUT2D eigenvalue weighted by molar-refractivity contribution is 5.84. The summed E-state index contributed by atoms with van der Waals surface area (Å²) in [5.41, 5.74) is 0. The molecule has 0 unspecified atom stereocenters. The van der Waals surface area contributed by atoms with Crippen molar-refractivity contribution in [3.8, 4) is 0 Å². The third-order valence-corrected chi connectivity index (χ3v) is 1.38. The fourth-order valence-corrected chi connectivity index (χ4v) is 0.902. The van der Waals surface area contributed by atoms with Gasteiger partial charge in [-0.25, -0.2) is 4.79 Å². The number of aliphatic imine (C=N–C) groups is 1. The summed E-state index contributed by atoms with van der Waals surface area (Å²) < 4.78 is 0. The van der Waals surface area contributed by atoms with Gasteiger partial charge >= 0.3 is 6.09 Å². The SMILES string of the molecule is O=C(O)NCCC1=NCCN1. The average molecular weight is 157 g/mol. The number of hydrogen-bond donors (Lipinski definition) is 3. The molecule has 1 aliphatic rings. The number of amidine groups is 1. The second-order valence-electron chi connectivity index (χ2n) is 2.24. The van der Waals surface area contributed by atoms with Crippen molar-refractivity contribution in [3.05, 3.63) is 0 Å². The minimum absolute atomic E-state index is 0.432. The Morgan fingerprint density at radius 3 is 3.18 bits per heavy atom. The molecule has 0 bridgehead atoms. The summed E-state index contributed by atoms with van der Waals surface area (Å²) >= 11 is 0. The first-order valence-corrected chi connectivity index (χ1v) is 3.53. The van der Waals surface area contributed by atoms with E-state index in [-0.39, 0.29) is 0 Å². The second-order valence-corrected chi connectivity index (χ2v) is 2.24. The highest BCUT2D eigenvalue weighted by atomic mass is 16.4. The van der Waals surface area contributed by atoms with Crippen molar-refractivity contribution in [3.63, 3.8) is 0 Å². The van der Waals surface area contributed by atoms with E-state index in [1.807, 2.05) is 0 Å². The van der Waals surface area contributed by atoms with Crippen LogP contribution in [0, 0.1) is 0 Å². The zero-order chi connectivity index (χ0) is 8.10. The first kappa shape index (κ1) is 7.84. The van der Waals surface area contributed by atoms with Crippen LogP contribution in [0.3, 0.4) is 0 Å². The van der Waals surface area contributed by atoms with Crippen molar-refractivity contribution in [2.45, 2.75) is 6.42 Å². The molecule has 0 fully saturated rings. The van der Waals surface area contributed by atoms with E-state index in [4.69, 9.17) is 5.11 Å². The molecule has 3 N–H and O–H groups in total. The lowest BCUT2D eigenvalue weighted by Gasteiger charge is -2.00. The van der Waals surface area contributed by atoms with Crippen LogP contribution in [0.25, 0.3) is 0 Å². The molecule has 1 rings (SSSR count). The molecule has 0 aromatic rings. The molecule has 0 saturated carbocycles. The minimum Gasteiger partial charge on any atom is -0.465 e. The fourth-order valence-electron chi connectivity index (χ4n) is 0.902. The van der Waals surface area contributed by atoms with Crippen molar-refractivity contribution in [1.82, 2.24) is 10.6 Å². The quantitative estimate of drug-likeness (QED) is 0.524. The summed E-state index contributed by atoms with van der Waals surface area (Å²) in [6.07, 6.45) is -0.324. The van der Waals surface area contributed by atoms with Crippen LogP contribution in [-0.4, -0.2) is 36.7 Å². The Labute approximate surface area is 64.5 Å². The molecule has 0 aromatic heterocycles. The molecule has 0 spiro atoms. The molecule has 0 radical (unpaired) electrons. The summed E-state index contributed by atoms with van der Waals surface area (Å²) in [5, 5.41) is 13.5. The van der Waals surface area contributed by atoms with Crippen molar-refractivity contribution < 1.29 is 9.90 Å². The maximum absolute atomic E-state index is 10.0. The van der Waals surface area contributed by atoms with E-state index >= 15 is 0 Å². The van der Waals surface area contributed by atoms with Crippen LogP contribution >= 0.6 is 0 Å². The normalized spacial score (nSPS) is 15.5. The number of carboxylic acid groups (broad SMARTS) is 1. The summed E-state index contributed by atoms with van der Waals surface area (Å²) in [6, 6.07) is 0. The molecule has 62 valence electrons. The zero-order valence-corrected chi connectivity index (χ0v) is 6.13. The molecule has 11 heavy (non-hydrogen) atoms. The van der Waals surface area contributed by atoms with E-state index in [0.717, 1.165) is 18.9 Å². The lowest BCUT2D eigenvalue weighted by molar-refractivity contribution is 0.195. The maximum atomic E-state index is 10.0. The van der Waals surface area contributed by atoms with Crippen LogP contribution in [0.5, 0.6) is 0 Å². The van der Waals surface area contributed by atoms with Gasteiger partial charge in [0, 0.05) is 19.5 Å². The van der Waals surface area contributed by atoms with Gasteiger partial charge in [-0.2, -0.15) is 0 Å². The van der Waals surface area contributed by atoms with E-state index in [1.54, 1.807) is 0 Å². The molecule has 1 aliphatic heterocycles. The molecule has 1 heterocycles. The van der Waals surface area contributed by atoms with Crippen LogP contribution in [0.1, 0.15) is 6.42 Å². The van der Waals surface area contributed by atoms with Crippen molar-refractivity contribution >= 4 is 11.9 Å². The van der Waals surface area contributed by atoms with Gasteiger partial charge in [0.05, 0.1) is 12.4 Å². The Hall–Kier alpha value is -1.26. The largest absolute Gasteiger partial charge is 0.465 e. The molecule has 0 saturated heterocycles. The molecule has 1 amide bonds. The molecule has 5 heteroatoms. The van der Waals surface area contributed by atoms with Crippen LogP contribution < -0.4 is 10.6 Å². The second kappa shape index (κ2) is 3.80. The Balaban J connectivity index is 2.07. The molecule has 0 atom stereocenters. The van der Waals surface area contributed by atoms with Crippen molar-refractivity contribution in [1.29, 1.82) is 0 Å². The number of carbonyl (C=O) groups is 1. The fraction of sp³-hybridized carbons (Fsp3) is 0.667. The summed E-state index contributed by atoms with van der Waals surface area (Å²) in [6.45, 7) is 2.12. The number of nitrogens with zero attached hydrogens (tertiary/aromatic N) is 1. The molecule has 5 nitrogen and oxygen atoms in total. The summed E-state index contributed by atoms with van der Waals surface area (Å²) in [4.78, 5) is 14.1. The third kappa shape index (κ3) is 2.88. The predicted molar refractivity (Wildman–Crippen MR) is 40.9 cm³/mol. The Morgan fingerprint density at radius 1 is 1.82 bits per heavy atom. The Bertz CT molecular complexity index is 179. The van der Waals surface area contributed by atoms with E-state index in [0.29, 0.717) is 13.0 Å². The number of nitrogens with one attached hydrogen (secondary N) is 2. The summed E-state index contributed by atoms with van der Waals surface area (Å²) in [7, 11) is 0. The minimum atomic E-state index is -0.983. The van der Waals surface area contributed by atoms with Gasteiger partial charge in [-0.1, -0.05) is 0 Å². The topological polar surface area (TPSA) is 73.7 Å². The first-order chi connectivity index (χ1) is 5.29. The van der Waals surface area contributed by atoms with E-state index in [9.17, 15) is 4.79 Å². The Morgan fingerprint density at radius 2 is 2.64 bits per heavy atom. The number of rotatable bonds is 3. The van der Waals surface area contributed by atoms with E-state index in [1.165, 1.54) is 0 Å². The number of amides is 1. The summed E-state index contributed by atoms with van der Waals surface area (Å²) in [5.74, 6) is 0.902. The average Bonchev–Trinajstić information content (AvgIpc) is 2.39. The van der Waals surface area contributed by atoms with Gasteiger partial charge in [0.2, 0.25) is 0 Å².